The summed E-state index contributed by atoms with van der Waals surface area (Å²) < 4.78 is 25.6. The molecule has 1 aromatic carbocycles. The van der Waals surface area contributed by atoms with E-state index in [-0.39, 0.29) is 16.0 Å². The van der Waals surface area contributed by atoms with Gasteiger partial charge < -0.3 is 5.11 Å². The molecule has 1 aromatic heterocycles. The van der Waals surface area contributed by atoms with Gasteiger partial charge in [-0.15, -0.1) is 11.3 Å². The predicted octanol–water partition coefficient (Wildman–Crippen LogP) is 2.23. The maximum Gasteiger partial charge on any atom is 0.210 e. The standard InChI is InChI=1S/C13H15NO3S2/c1-13(15)6-9(7-13)8-19(16,17)12-14-10-4-2-3-5-11(10)18-12/h2-5,9,15H,6-8H2,1H3/t9-,13-. The van der Waals surface area contributed by atoms with E-state index in [0.29, 0.717) is 12.8 Å². The van der Waals surface area contributed by atoms with E-state index < -0.39 is 15.4 Å². The van der Waals surface area contributed by atoms with Crippen molar-refractivity contribution in [3.63, 3.8) is 0 Å². The van der Waals surface area contributed by atoms with Gasteiger partial charge in [0.25, 0.3) is 0 Å². The van der Waals surface area contributed by atoms with E-state index in [2.05, 4.69) is 4.98 Å². The van der Waals surface area contributed by atoms with Crippen molar-refractivity contribution in [2.24, 2.45) is 5.92 Å². The highest BCUT2D eigenvalue weighted by Crippen LogP contribution is 2.39. The third-order valence-corrected chi connectivity index (χ3v) is 6.83. The number of para-hydroxylation sites is 1. The fraction of sp³-hybridized carbons (Fsp3) is 0.462. The second kappa shape index (κ2) is 4.26. The molecule has 0 spiro atoms. The number of thiazole rings is 1. The number of sulfone groups is 1. The quantitative estimate of drug-likeness (QED) is 0.943. The fourth-order valence-corrected chi connectivity index (χ4v) is 5.58. The van der Waals surface area contributed by atoms with Crippen LogP contribution in [0.25, 0.3) is 10.2 Å². The number of nitrogens with zero attached hydrogens (tertiary/aromatic N) is 1. The van der Waals surface area contributed by atoms with Crippen LogP contribution < -0.4 is 0 Å². The van der Waals surface area contributed by atoms with Crippen molar-refractivity contribution >= 4 is 31.4 Å². The smallest absolute Gasteiger partial charge is 0.210 e. The molecule has 0 aliphatic heterocycles. The summed E-state index contributed by atoms with van der Waals surface area (Å²) in [6.07, 6.45) is 1.11. The second-order valence-electron chi connectivity index (χ2n) is 5.50. The molecule has 3 rings (SSSR count). The highest BCUT2D eigenvalue weighted by atomic mass is 32.2. The van der Waals surface area contributed by atoms with Gasteiger partial charge in [0.15, 0.2) is 0 Å². The third kappa shape index (κ3) is 2.52. The monoisotopic (exact) mass is 297 g/mol. The number of hydrogen-bond donors (Lipinski definition) is 1. The lowest BCUT2D eigenvalue weighted by molar-refractivity contribution is -0.0494. The van der Waals surface area contributed by atoms with E-state index in [4.69, 9.17) is 0 Å². The SMILES string of the molecule is C[C@]1(O)C[C@H](CS(=O)(=O)c2nc3ccccc3s2)C1. The summed E-state index contributed by atoms with van der Waals surface area (Å²) in [6, 6.07) is 7.42. The lowest BCUT2D eigenvalue weighted by Crippen LogP contribution is -2.43. The van der Waals surface area contributed by atoms with Crippen molar-refractivity contribution in [2.45, 2.75) is 29.7 Å². The molecule has 0 amide bonds. The molecule has 1 aliphatic rings. The minimum Gasteiger partial charge on any atom is -0.390 e. The molecule has 0 unspecified atom stereocenters. The molecule has 6 heteroatoms. The van der Waals surface area contributed by atoms with E-state index >= 15 is 0 Å². The van der Waals surface area contributed by atoms with Crippen molar-refractivity contribution in [3.8, 4) is 0 Å². The van der Waals surface area contributed by atoms with Gasteiger partial charge in [-0.1, -0.05) is 12.1 Å². The highest BCUT2D eigenvalue weighted by molar-refractivity contribution is 7.93. The molecule has 102 valence electrons. The molecule has 2 aromatic rings. The average molecular weight is 297 g/mol. The summed E-state index contributed by atoms with van der Waals surface area (Å²) in [5.41, 5.74) is 0.0417. The molecule has 0 saturated heterocycles. The summed E-state index contributed by atoms with van der Waals surface area (Å²) >= 11 is 1.22. The number of aliphatic hydroxyl groups is 1. The Morgan fingerprint density at radius 2 is 2.11 bits per heavy atom. The van der Waals surface area contributed by atoms with Crippen LogP contribution in [0.3, 0.4) is 0 Å². The van der Waals surface area contributed by atoms with Gasteiger partial charge in [-0.25, -0.2) is 13.4 Å². The molecule has 19 heavy (non-hydrogen) atoms. The molecular formula is C13H15NO3S2. The number of hydrogen-bond acceptors (Lipinski definition) is 5. The molecule has 0 bridgehead atoms. The maximum absolute atomic E-state index is 12.3. The van der Waals surface area contributed by atoms with Crippen molar-refractivity contribution in [2.75, 3.05) is 5.75 Å². The predicted molar refractivity (Wildman–Crippen MR) is 75.0 cm³/mol. The first-order valence-corrected chi connectivity index (χ1v) is 8.63. The summed E-state index contributed by atoms with van der Waals surface area (Å²) in [5, 5.41) is 9.66. The van der Waals surface area contributed by atoms with Crippen LogP contribution in [0.15, 0.2) is 28.6 Å². The fourth-order valence-electron chi connectivity index (χ4n) is 2.67. The van der Waals surface area contributed by atoms with Gasteiger partial charge >= 0.3 is 0 Å². The van der Waals surface area contributed by atoms with E-state index in [1.807, 2.05) is 24.3 Å². The average Bonchev–Trinajstić information content (AvgIpc) is 2.70. The molecule has 0 atom stereocenters. The van der Waals surface area contributed by atoms with Gasteiger partial charge in [-0.05, 0) is 37.8 Å². The van der Waals surface area contributed by atoms with Crippen molar-refractivity contribution in [1.29, 1.82) is 0 Å². The Kier molecular flexibility index (Phi) is 2.92. The first-order chi connectivity index (χ1) is 8.86. The highest BCUT2D eigenvalue weighted by Gasteiger charge is 2.41. The van der Waals surface area contributed by atoms with Gasteiger partial charge in [0.2, 0.25) is 14.2 Å². The van der Waals surface area contributed by atoms with E-state index in [1.54, 1.807) is 6.92 Å². The Morgan fingerprint density at radius 3 is 2.74 bits per heavy atom. The first-order valence-electron chi connectivity index (χ1n) is 6.16. The lowest BCUT2D eigenvalue weighted by Gasteiger charge is -2.40. The second-order valence-corrected chi connectivity index (χ2v) is 8.74. The van der Waals surface area contributed by atoms with Gasteiger partial charge in [0.05, 0.1) is 21.6 Å². The van der Waals surface area contributed by atoms with Crippen molar-refractivity contribution in [1.82, 2.24) is 4.98 Å². The van der Waals surface area contributed by atoms with E-state index in [1.165, 1.54) is 11.3 Å². The maximum atomic E-state index is 12.3. The molecule has 0 radical (unpaired) electrons. The number of aromatic nitrogens is 1. The Labute approximate surface area is 116 Å². The Bertz CT molecular complexity index is 677. The van der Waals surface area contributed by atoms with Gasteiger partial charge in [0.1, 0.15) is 0 Å². The Balaban J connectivity index is 1.84. The summed E-state index contributed by atoms with van der Waals surface area (Å²) in [5.74, 6) is 0.134. The van der Waals surface area contributed by atoms with Gasteiger partial charge in [-0.2, -0.15) is 0 Å². The zero-order chi connectivity index (χ0) is 13.7. The molecular weight excluding hydrogens is 282 g/mol. The molecule has 1 heterocycles. The molecule has 1 N–H and O–H groups in total. The van der Waals surface area contributed by atoms with Crippen LogP contribution in [0.4, 0.5) is 0 Å². The summed E-state index contributed by atoms with van der Waals surface area (Å²) in [6.45, 7) is 1.74. The van der Waals surface area contributed by atoms with E-state index in [9.17, 15) is 13.5 Å². The Morgan fingerprint density at radius 1 is 1.42 bits per heavy atom. The molecule has 4 nitrogen and oxygen atoms in total. The lowest BCUT2D eigenvalue weighted by atomic mass is 9.73. The van der Waals surface area contributed by atoms with Crippen LogP contribution in [0, 0.1) is 5.92 Å². The zero-order valence-electron chi connectivity index (χ0n) is 10.5. The summed E-state index contributed by atoms with van der Waals surface area (Å²) in [7, 11) is -3.34. The number of benzene rings is 1. The zero-order valence-corrected chi connectivity index (χ0v) is 12.2. The summed E-state index contributed by atoms with van der Waals surface area (Å²) in [4.78, 5) is 4.20. The van der Waals surface area contributed by atoms with Gasteiger partial charge in [-0.3, -0.25) is 0 Å². The normalized spacial score (nSPS) is 27.4. The minimum atomic E-state index is -3.34. The van der Waals surface area contributed by atoms with Crippen molar-refractivity contribution < 1.29 is 13.5 Å². The van der Waals surface area contributed by atoms with Crippen LogP contribution in [0.2, 0.25) is 0 Å². The minimum absolute atomic E-state index is 0.0482. The molecule has 1 aliphatic carbocycles. The van der Waals surface area contributed by atoms with Gasteiger partial charge in [0, 0.05) is 0 Å². The molecule has 1 fully saturated rings. The Hall–Kier alpha value is -0.980. The van der Waals surface area contributed by atoms with Crippen molar-refractivity contribution in [3.05, 3.63) is 24.3 Å². The van der Waals surface area contributed by atoms with Crippen LogP contribution in [-0.4, -0.2) is 29.9 Å². The molecule has 1 saturated carbocycles. The van der Waals surface area contributed by atoms with Crippen LogP contribution in [0.1, 0.15) is 19.8 Å². The topological polar surface area (TPSA) is 67.3 Å². The first kappa shape index (κ1) is 13.0. The van der Waals surface area contributed by atoms with Crippen LogP contribution in [0.5, 0.6) is 0 Å². The van der Waals surface area contributed by atoms with Crippen LogP contribution >= 0.6 is 11.3 Å². The number of rotatable bonds is 3. The van der Waals surface area contributed by atoms with E-state index in [0.717, 1.165) is 10.2 Å². The third-order valence-electron chi connectivity index (χ3n) is 3.45. The van der Waals surface area contributed by atoms with Crippen LogP contribution in [-0.2, 0) is 9.84 Å². The largest absolute Gasteiger partial charge is 0.390 e. The number of fused-ring (bicyclic) bond motifs is 1.